The Labute approximate surface area is 142 Å². The number of nitrogens with two attached hydrogens (primary N) is 1. The predicted molar refractivity (Wildman–Crippen MR) is 83.7 cm³/mol. The maximum Gasteiger partial charge on any atom is 0.374 e. The minimum Gasteiger partial charge on any atom is -0.450 e. The molecule has 0 saturated heterocycles. The molecule has 1 aromatic carbocycles. The topological polar surface area (TPSA) is 139 Å². The Kier molecular flexibility index (Phi) is 4.38. The highest BCUT2D eigenvalue weighted by atomic mass is 32.2. The van der Waals surface area contributed by atoms with Crippen LogP contribution in [0.3, 0.4) is 0 Å². The summed E-state index contributed by atoms with van der Waals surface area (Å²) in [6.07, 6.45) is 0. The molecule has 0 amide bonds. The van der Waals surface area contributed by atoms with Crippen LogP contribution in [0.15, 0.2) is 50.4 Å². The second-order valence-corrected chi connectivity index (χ2v) is 6.61. The van der Waals surface area contributed by atoms with Gasteiger partial charge in [0.25, 0.3) is 15.9 Å². The maximum atomic E-state index is 11.8. The van der Waals surface area contributed by atoms with E-state index in [2.05, 4.69) is 10.1 Å². The molecule has 0 radical (unpaired) electrons. The summed E-state index contributed by atoms with van der Waals surface area (Å²) in [5.74, 6) is -0.741. The molecule has 3 aromatic rings. The van der Waals surface area contributed by atoms with Crippen molar-refractivity contribution in [2.75, 3.05) is 0 Å². The summed E-state index contributed by atoms with van der Waals surface area (Å²) < 4.78 is 37.0. The standard InChI is InChI=1S/C15H13N3O6S/c1-9-2-4-10(5-3-9)14-17-12(24-18-14)8-22-15(19)11-6-7-13(23-11)25(16,20)21/h2-7H,8H2,1H3,(H2,16,20,21). The Bertz CT molecular complexity index is 1000. The molecule has 0 spiro atoms. The van der Waals surface area contributed by atoms with Crippen LogP contribution in [0.5, 0.6) is 0 Å². The molecule has 130 valence electrons. The largest absolute Gasteiger partial charge is 0.450 e. The van der Waals surface area contributed by atoms with E-state index < -0.39 is 21.1 Å². The summed E-state index contributed by atoms with van der Waals surface area (Å²) in [6, 6.07) is 9.71. The number of sulfonamides is 1. The Morgan fingerprint density at radius 3 is 2.56 bits per heavy atom. The lowest BCUT2D eigenvalue weighted by molar-refractivity contribution is 0.0388. The Balaban J connectivity index is 1.65. The lowest BCUT2D eigenvalue weighted by Gasteiger charge is -1.98. The van der Waals surface area contributed by atoms with Crippen molar-refractivity contribution >= 4 is 16.0 Å². The number of esters is 1. The van der Waals surface area contributed by atoms with Gasteiger partial charge in [-0.2, -0.15) is 4.98 Å². The quantitative estimate of drug-likeness (QED) is 0.675. The van der Waals surface area contributed by atoms with Crippen molar-refractivity contribution in [3.8, 4) is 11.4 Å². The van der Waals surface area contributed by atoms with Crippen LogP contribution in [0.1, 0.15) is 22.0 Å². The molecule has 0 aliphatic heterocycles. The van der Waals surface area contributed by atoms with Gasteiger partial charge in [-0.3, -0.25) is 0 Å². The van der Waals surface area contributed by atoms with Crippen molar-refractivity contribution in [1.82, 2.24) is 10.1 Å². The molecular formula is C15H13N3O6S. The van der Waals surface area contributed by atoms with Crippen LogP contribution in [0.4, 0.5) is 0 Å². The summed E-state index contributed by atoms with van der Waals surface area (Å²) >= 11 is 0. The van der Waals surface area contributed by atoms with Gasteiger partial charge in [0, 0.05) is 5.56 Å². The van der Waals surface area contributed by atoms with Crippen LogP contribution >= 0.6 is 0 Å². The van der Waals surface area contributed by atoms with Gasteiger partial charge in [-0.05, 0) is 19.1 Å². The van der Waals surface area contributed by atoms with Crippen molar-refractivity contribution in [3.05, 3.63) is 53.6 Å². The molecule has 0 aliphatic carbocycles. The average molecular weight is 363 g/mol. The van der Waals surface area contributed by atoms with Gasteiger partial charge in [0.2, 0.25) is 16.7 Å². The van der Waals surface area contributed by atoms with Crippen molar-refractivity contribution < 1.29 is 26.9 Å². The number of nitrogens with zero attached hydrogens (tertiary/aromatic N) is 2. The fourth-order valence-corrected chi connectivity index (χ4v) is 2.38. The highest BCUT2D eigenvalue weighted by molar-refractivity contribution is 7.89. The summed E-state index contributed by atoms with van der Waals surface area (Å²) in [6.45, 7) is 1.67. The number of aryl methyl sites for hydroxylation is 1. The highest BCUT2D eigenvalue weighted by Crippen LogP contribution is 2.17. The third-order valence-electron chi connectivity index (χ3n) is 3.17. The Morgan fingerprint density at radius 1 is 1.20 bits per heavy atom. The number of rotatable bonds is 5. The molecular weight excluding hydrogens is 350 g/mol. The van der Waals surface area contributed by atoms with E-state index in [9.17, 15) is 13.2 Å². The molecule has 10 heteroatoms. The molecule has 0 fully saturated rings. The maximum absolute atomic E-state index is 11.8. The van der Waals surface area contributed by atoms with Gasteiger partial charge < -0.3 is 13.7 Å². The molecule has 0 saturated carbocycles. The Hall–Kier alpha value is -2.98. The molecule has 0 atom stereocenters. The summed E-state index contributed by atoms with van der Waals surface area (Å²) in [5, 5.41) is 8.17. The second kappa shape index (κ2) is 6.49. The normalized spacial score (nSPS) is 11.4. The number of carbonyl (C=O) groups is 1. The molecule has 25 heavy (non-hydrogen) atoms. The first-order valence-corrected chi connectivity index (χ1v) is 8.57. The van der Waals surface area contributed by atoms with E-state index in [1.165, 1.54) is 0 Å². The molecule has 2 N–H and O–H groups in total. The van der Waals surface area contributed by atoms with Crippen molar-refractivity contribution in [1.29, 1.82) is 0 Å². The zero-order valence-corrected chi connectivity index (χ0v) is 13.8. The SMILES string of the molecule is Cc1ccc(-c2noc(COC(=O)c3ccc(S(N)(=O)=O)o3)n2)cc1. The van der Waals surface area contributed by atoms with E-state index in [0.29, 0.717) is 5.82 Å². The van der Waals surface area contributed by atoms with Crippen LogP contribution in [0.2, 0.25) is 0 Å². The average Bonchev–Trinajstić information content (AvgIpc) is 3.22. The monoisotopic (exact) mass is 363 g/mol. The Morgan fingerprint density at radius 2 is 1.92 bits per heavy atom. The van der Waals surface area contributed by atoms with Crippen LogP contribution < -0.4 is 5.14 Å². The lowest BCUT2D eigenvalue weighted by Crippen LogP contribution is -2.11. The number of ether oxygens (including phenoxy) is 1. The minimum absolute atomic E-state index is 0.0853. The third kappa shape index (κ3) is 3.92. The van der Waals surface area contributed by atoms with E-state index in [-0.39, 0.29) is 18.3 Å². The van der Waals surface area contributed by atoms with Crippen molar-refractivity contribution in [2.45, 2.75) is 18.6 Å². The van der Waals surface area contributed by atoms with Gasteiger partial charge in [-0.15, -0.1) is 0 Å². The van der Waals surface area contributed by atoms with E-state index >= 15 is 0 Å². The molecule has 9 nitrogen and oxygen atoms in total. The van der Waals surface area contributed by atoms with Gasteiger partial charge in [-0.1, -0.05) is 35.0 Å². The summed E-state index contributed by atoms with van der Waals surface area (Å²) in [5.41, 5.74) is 1.86. The van der Waals surface area contributed by atoms with Crippen molar-refractivity contribution in [2.24, 2.45) is 5.14 Å². The minimum atomic E-state index is -4.03. The molecule has 2 aromatic heterocycles. The molecule has 3 rings (SSSR count). The van der Waals surface area contributed by atoms with Gasteiger partial charge in [0.15, 0.2) is 6.61 Å². The zero-order chi connectivity index (χ0) is 18.0. The molecule has 0 bridgehead atoms. The number of aromatic nitrogens is 2. The van der Waals surface area contributed by atoms with E-state index in [0.717, 1.165) is 23.3 Å². The van der Waals surface area contributed by atoms with Crippen LogP contribution in [0.25, 0.3) is 11.4 Å². The number of hydrogen-bond acceptors (Lipinski definition) is 8. The van der Waals surface area contributed by atoms with Crippen LogP contribution in [-0.2, 0) is 21.4 Å². The first-order valence-electron chi connectivity index (χ1n) is 7.02. The van der Waals surface area contributed by atoms with E-state index in [1.807, 2.05) is 31.2 Å². The van der Waals surface area contributed by atoms with Crippen LogP contribution in [0, 0.1) is 6.92 Å². The second-order valence-electron chi connectivity index (χ2n) is 5.12. The number of furan rings is 1. The fraction of sp³-hybridized carbons (Fsp3) is 0.133. The highest BCUT2D eigenvalue weighted by Gasteiger charge is 2.19. The first kappa shape index (κ1) is 16.9. The summed E-state index contributed by atoms with van der Waals surface area (Å²) in [7, 11) is -4.03. The number of carbonyl (C=O) groups excluding carboxylic acids is 1. The number of primary sulfonamides is 1. The van der Waals surface area contributed by atoms with Gasteiger partial charge in [-0.25, -0.2) is 18.4 Å². The molecule has 2 heterocycles. The van der Waals surface area contributed by atoms with Gasteiger partial charge >= 0.3 is 5.97 Å². The van der Waals surface area contributed by atoms with E-state index in [4.69, 9.17) is 18.8 Å². The first-order chi connectivity index (χ1) is 11.8. The number of benzene rings is 1. The van der Waals surface area contributed by atoms with Gasteiger partial charge in [0.1, 0.15) is 0 Å². The lowest BCUT2D eigenvalue weighted by atomic mass is 10.1. The van der Waals surface area contributed by atoms with Crippen molar-refractivity contribution in [3.63, 3.8) is 0 Å². The summed E-state index contributed by atoms with van der Waals surface area (Å²) in [4.78, 5) is 15.9. The fourth-order valence-electron chi connectivity index (χ4n) is 1.91. The molecule has 0 aliphatic rings. The predicted octanol–water partition coefficient (Wildman–Crippen LogP) is 1.64. The number of hydrogen-bond donors (Lipinski definition) is 1. The smallest absolute Gasteiger partial charge is 0.374 e. The molecule has 0 unspecified atom stereocenters. The van der Waals surface area contributed by atoms with E-state index in [1.54, 1.807) is 0 Å². The van der Waals surface area contributed by atoms with Crippen LogP contribution in [-0.4, -0.2) is 24.5 Å². The third-order valence-corrected chi connectivity index (χ3v) is 3.95. The zero-order valence-electron chi connectivity index (χ0n) is 13.0. The van der Waals surface area contributed by atoms with Gasteiger partial charge in [0.05, 0.1) is 0 Å².